The number of hydrogen-bond donors (Lipinski definition) is 2. The molecule has 0 heterocycles. The molecule has 0 unspecified atom stereocenters. The van der Waals surface area contributed by atoms with Gasteiger partial charge in [0.05, 0.1) is 0 Å². The molecule has 1 aliphatic rings. The quantitative estimate of drug-likeness (QED) is 0.726. The Hall–Kier alpha value is -0.220. The van der Waals surface area contributed by atoms with Gasteiger partial charge in [0.25, 0.3) is 0 Å². The van der Waals surface area contributed by atoms with E-state index in [2.05, 4.69) is 0 Å². The molecule has 0 aromatic rings. The molecule has 0 aromatic carbocycles. The third-order valence-electron chi connectivity index (χ3n) is 2.38. The highest BCUT2D eigenvalue weighted by molar-refractivity contribution is 7.99. The molecule has 0 radical (unpaired) electrons. The average Bonchev–Trinajstić information content (AvgIpc) is 2.15. The first kappa shape index (κ1) is 10.9. The summed E-state index contributed by atoms with van der Waals surface area (Å²) in [6.07, 6.45) is 6.38. The first-order valence-electron chi connectivity index (χ1n) is 4.80. The maximum atomic E-state index is 10.4. The smallest absolute Gasteiger partial charge is 0.321 e. The molecule has 0 amide bonds. The summed E-state index contributed by atoms with van der Waals surface area (Å²) in [5.74, 6) is -0.330. The molecule has 1 rings (SSSR count). The average molecular weight is 203 g/mol. The summed E-state index contributed by atoms with van der Waals surface area (Å²) in [5, 5.41) is 9.23. The van der Waals surface area contributed by atoms with Gasteiger partial charge >= 0.3 is 5.97 Å². The van der Waals surface area contributed by atoms with Crippen LogP contribution in [0.25, 0.3) is 0 Å². The predicted octanol–water partition coefficient (Wildman–Crippen LogP) is 1.46. The Morgan fingerprint density at radius 2 is 2.08 bits per heavy atom. The molecule has 3 N–H and O–H groups in total. The van der Waals surface area contributed by atoms with Crippen LogP contribution in [0.15, 0.2) is 0 Å². The lowest BCUT2D eigenvalue weighted by atomic mass is 10.0. The molecule has 1 atom stereocenters. The van der Waals surface area contributed by atoms with Gasteiger partial charge in [0.1, 0.15) is 6.04 Å². The summed E-state index contributed by atoms with van der Waals surface area (Å²) in [5.41, 5.74) is 5.41. The molecule has 0 spiro atoms. The highest BCUT2D eigenvalue weighted by atomic mass is 32.2. The largest absolute Gasteiger partial charge is 0.480 e. The van der Waals surface area contributed by atoms with Crippen LogP contribution in [-0.2, 0) is 4.79 Å². The number of thioether (sulfide) groups is 1. The Morgan fingerprint density at radius 3 is 2.62 bits per heavy atom. The number of carboxylic acids is 1. The van der Waals surface area contributed by atoms with Crippen molar-refractivity contribution in [2.45, 2.75) is 43.4 Å². The van der Waals surface area contributed by atoms with E-state index in [1.165, 1.54) is 32.1 Å². The van der Waals surface area contributed by atoms with Crippen molar-refractivity contribution in [1.82, 2.24) is 0 Å². The molecule has 1 saturated carbocycles. The number of rotatable bonds is 4. The Morgan fingerprint density at radius 1 is 1.46 bits per heavy atom. The SMILES string of the molecule is N[C@H](CSC1CCCCC1)C(=O)O. The van der Waals surface area contributed by atoms with Crippen molar-refractivity contribution >= 4 is 17.7 Å². The Labute approximate surface area is 83.1 Å². The van der Waals surface area contributed by atoms with E-state index in [4.69, 9.17) is 10.8 Å². The third-order valence-corrected chi connectivity index (χ3v) is 3.88. The molecule has 0 saturated heterocycles. The Kier molecular flexibility index (Phi) is 4.59. The molecular weight excluding hydrogens is 186 g/mol. The summed E-state index contributed by atoms with van der Waals surface area (Å²) in [6, 6.07) is -0.688. The van der Waals surface area contributed by atoms with E-state index in [1.54, 1.807) is 11.8 Å². The first-order chi connectivity index (χ1) is 6.20. The molecule has 1 aliphatic carbocycles. The second-order valence-electron chi connectivity index (χ2n) is 3.54. The Balaban J connectivity index is 2.13. The van der Waals surface area contributed by atoms with Gasteiger partial charge in [-0.05, 0) is 12.8 Å². The summed E-state index contributed by atoms with van der Waals surface area (Å²) in [6.45, 7) is 0. The van der Waals surface area contributed by atoms with Gasteiger partial charge in [-0.2, -0.15) is 11.8 Å². The highest BCUT2D eigenvalue weighted by Gasteiger charge is 2.17. The minimum absolute atomic E-state index is 0.556. The van der Waals surface area contributed by atoms with E-state index in [0.717, 1.165) is 0 Å². The van der Waals surface area contributed by atoms with Crippen molar-refractivity contribution < 1.29 is 9.90 Å². The normalized spacial score (nSPS) is 21.3. The van der Waals surface area contributed by atoms with E-state index in [9.17, 15) is 4.79 Å². The second-order valence-corrected chi connectivity index (χ2v) is 4.87. The van der Waals surface area contributed by atoms with E-state index < -0.39 is 12.0 Å². The molecular formula is C9H17NO2S. The molecule has 1 fully saturated rings. The van der Waals surface area contributed by atoms with Crippen LogP contribution in [-0.4, -0.2) is 28.1 Å². The van der Waals surface area contributed by atoms with Gasteiger partial charge in [-0.15, -0.1) is 0 Å². The lowest BCUT2D eigenvalue weighted by Gasteiger charge is -2.21. The van der Waals surface area contributed by atoms with Crippen LogP contribution >= 0.6 is 11.8 Å². The van der Waals surface area contributed by atoms with Crippen LogP contribution in [0.3, 0.4) is 0 Å². The summed E-state index contributed by atoms with van der Waals surface area (Å²) in [4.78, 5) is 10.4. The Bertz CT molecular complexity index is 169. The van der Waals surface area contributed by atoms with Crippen LogP contribution < -0.4 is 5.73 Å². The van der Waals surface area contributed by atoms with Gasteiger partial charge in [0.2, 0.25) is 0 Å². The van der Waals surface area contributed by atoms with Crippen molar-refractivity contribution in [3.63, 3.8) is 0 Å². The molecule has 4 heteroatoms. The summed E-state index contributed by atoms with van der Waals surface area (Å²) in [7, 11) is 0. The first-order valence-corrected chi connectivity index (χ1v) is 5.85. The maximum absolute atomic E-state index is 10.4. The molecule has 76 valence electrons. The summed E-state index contributed by atoms with van der Waals surface area (Å²) >= 11 is 1.73. The number of nitrogens with two attached hydrogens (primary N) is 1. The number of hydrogen-bond acceptors (Lipinski definition) is 3. The molecule has 0 bridgehead atoms. The van der Waals surface area contributed by atoms with Crippen LogP contribution in [0.1, 0.15) is 32.1 Å². The lowest BCUT2D eigenvalue weighted by molar-refractivity contribution is -0.137. The van der Waals surface area contributed by atoms with Crippen LogP contribution in [0.2, 0.25) is 0 Å². The second kappa shape index (κ2) is 5.50. The monoisotopic (exact) mass is 203 g/mol. The molecule has 3 nitrogen and oxygen atoms in total. The van der Waals surface area contributed by atoms with Gasteiger partial charge in [-0.25, -0.2) is 0 Å². The van der Waals surface area contributed by atoms with Crippen LogP contribution in [0.4, 0.5) is 0 Å². The fraction of sp³-hybridized carbons (Fsp3) is 0.889. The standard InChI is InChI=1S/C9H17NO2S/c10-8(9(11)12)6-13-7-4-2-1-3-5-7/h7-8H,1-6,10H2,(H,11,12)/t8-/m1/s1. The van der Waals surface area contributed by atoms with Gasteiger partial charge in [-0.1, -0.05) is 19.3 Å². The van der Waals surface area contributed by atoms with Crippen molar-refractivity contribution in [3.8, 4) is 0 Å². The number of carbonyl (C=O) groups is 1. The minimum Gasteiger partial charge on any atom is -0.480 e. The van der Waals surface area contributed by atoms with Crippen molar-refractivity contribution in [1.29, 1.82) is 0 Å². The van der Waals surface area contributed by atoms with Gasteiger partial charge < -0.3 is 10.8 Å². The highest BCUT2D eigenvalue weighted by Crippen LogP contribution is 2.28. The van der Waals surface area contributed by atoms with Gasteiger partial charge in [0.15, 0.2) is 0 Å². The van der Waals surface area contributed by atoms with Gasteiger partial charge in [0, 0.05) is 11.0 Å². The van der Waals surface area contributed by atoms with Crippen molar-refractivity contribution in [2.24, 2.45) is 5.73 Å². The lowest BCUT2D eigenvalue weighted by Crippen LogP contribution is -2.33. The van der Waals surface area contributed by atoms with Crippen molar-refractivity contribution in [2.75, 3.05) is 5.75 Å². The topological polar surface area (TPSA) is 63.3 Å². The van der Waals surface area contributed by atoms with Crippen LogP contribution in [0.5, 0.6) is 0 Å². The minimum atomic E-state index is -0.886. The van der Waals surface area contributed by atoms with E-state index >= 15 is 0 Å². The fourth-order valence-electron chi connectivity index (χ4n) is 1.54. The van der Waals surface area contributed by atoms with E-state index in [-0.39, 0.29) is 0 Å². The van der Waals surface area contributed by atoms with Gasteiger partial charge in [-0.3, -0.25) is 4.79 Å². The van der Waals surface area contributed by atoms with Crippen molar-refractivity contribution in [3.05, 3.63) is 0 Å². The third kappa shape index (κ3) is 4.00. The predicted molar refractivity (Wildman–Crippen MR) is 54.9 cm³/mol. The van der Waals surface area contributed by atoms with E-state index in [1.807, 2.05) is 0 Å². The zero-order valence-electron chi connectivity index (χ0n) is 7.74. The molecule has 0 aromatic heterocycles. The molecule has 0 aliphatic heterocycles. The maximum Gasteiger partial charge on any atom is 0.321 e. The van der Waals surface area contributed by atoms with Crippen LogP contribution in [0, 0.1) is 0 Å². The number of aliphatic carboxylic acids is 1. The zero-order valence-corrected chi connectivity index (χ0v) is 8.55. The molecule has 13 heavy (non-hydrogen) atoms. The van der Waals surface area contributed by atoms with E-state index in [0.29, 0.717) is 11.0 Å². The fourth-order valence-corrected chi connectivity index (χ4v) is 2.83. The number of carboxylic acid groups (broad SMARTS) is 1. The zero-order chi connectivity index (χ0) is 9.68. The summed E-state index contributed by atoms with van der Waals surface area (Å²) < 4.78 is 0.